The minimum atomic E-state index is -1.47. The number of aromatic nitrogens is 8. The molecule has 2 aliphatic rings. The standard InChI is InChI=1S/C33H18N8O2.Na/c42-33(43)41-31-23-15-7-8-16-24(23)32(41)40-30-22-14-6-4-12-20(22)28(38-30)36-26-18-10-2-1-9-17(18)25(34-26)35-27-19-11-3-5-13-21(19)29(37-27)39-31;/h1-16H,(H,42,43)(H,34,35,36,37,38,39,40);/q;+1/p-1. The van der Waals surface area contributed by atoms with Gasteiger partial charge in [-0.25, -0.2) is 29.9 Å². The zero-order chi connectivity index (χ0) is 28.7. The van der Waals surface area contributed by atoms with Gasteiger partial charge in [0.25, 0.3) is 0 Å². The SMILES string of the molecule is O=C([O-])n1c2nc3nc(nc4[nH]c(nc5nc(nc1c1ccccc12)-c1ccccc1-5)c1ccccc41)-c1ccccc1-3.[Na+]. The molecule has 5 heterocycles. The molecule has 9 rings (SSSR count). The Hall–Kier alpha value is -5.29. The van der Waals surface area contributed by atoms with E-state index >= 15 is 0 Å². The summed E-state index contributed by atoms with van der Waals surface area (Å²) in [5.74, 6) is 1.55. The number of benzene rings is 4. The molecule has 0 unspecified atom stereocenters. The largest absolute Gasteiger partial charge is 1.00 e. The molecule has 7 aromatic rings. The fourth-order valence-electron chi connectivity index (χ4n) is 5.87. The third-order valence-electron chi connectivity index (χ3n) is 7.79. The van der Waals surface area contributed by atoms with Crippen LogP contribution in [-0.4, -0.2) is 45.5 Å². The molecular formula is C33H17N8NaO2. The molecule has 0 aliphatic carbocycles. The maximum Gasteiger partial charge on any atom is 1.00 e. The van der Waals surface area contributed by atoms with Crippen LogP contribution in [0, 0.1) is 0 Å². The molecule has 10 nitrogen and oxygen atoms in total. The summed E-state index contributed by atoms with van der Waals surface area (Å²) in [4.78, 5) is 45.3. The fraction of sp³-hybridized carbons (Fsp3) is 0. The van der Waals surface area contributed by atoms with Crippen LogP contribution in [0.4, 0.5) is 4.79 Å². The average molecular weight is 581 g/mol. The number of nitrogens with one attached hydrogen (secondary N) is 1. The number of rotatable bonds is 0. The van der Waals surface area contributed by atoms with Gasteiger partial charge >= 0.3 is 29.6 Å². The van der Waals surface area contributed by atoms with Crippen LogP contribution in [0.15, 0.2) is 97.1 Å². The molecule has 11 heteroatoms. The molecule has 0 spiro atoms. The topological polar surface area (TPSA) is 138 Å². The molecule has 0 atom stereocenters. The van der Waals surface area contributed by atoms with E-state index in [9.17, 15) is 9.90 Å². The summed E-state index contributed by atoms with van der Waals surface area (Å²) in [7, 11) is 0. The summed E-state index contributed by atoms with van der Waals surface area (Å²) < 4.78 is 0.988. The van der Waals surface area contributed by atoms with Gasteiger partial charge in [0.1, 0.15) is 28.7 Å². The second kappa shape index (κ2) is 9.88. The van der Waals surface area contributed by atoms with Gasteiger partial charge in [-0.1, -0.05) is 97.1 Å². The Bertz CT molecular complexity index is 2360. The van der Waals surface area contributed by atoms with Gasteiger partial charge in [0.05, 0.1) is 0 Å². The first-order valence-corrected chi connectivity index (χ1v) is 13.6. The van der Waals surface area contributed by atoms with Crippen molar-refractivity contribution in [2.45, 2.75) is 0 Å². The first kappa shape index (κ1) is 26.3. The second-order valence-corrected chi connectivity index (χ2v) is 10.2. The van der Waals surface area contributed by atoms with Gasteiger partial charge in [0, 0.05) is 43.8 Å². The van der Waals surface area contributed by atoms with Gasteiger partial charge < -0.3 is 14.9 Å². The number of H-pyrrole nitrogens is 1. The van der Waals surface area contributed by atoms with Crippen LogP contribution in [0.25, 0.3) is 89.7 Å². The van der Waals surface area contributed by atoms with Crippen LogP contribution in [0.2, 0.25) is 0 Å². The Kier molecular flexibility index (Phi) is 5.92. The minimum Gasteiger partial charge on any atom is -0.529 e. The van der Waals surface area contributed by atoms with Crippen molar-refractivity contribution in [2.75, 3.05) is 0 Å². The average Bonchev–Trinajstić information content (AvgIpc) is 3.75. The maximum absolute atomic E-state index is 12.8. The first-order valence-electron chi connectivity index (χ1n) is 13.6. The van der Waals surface area contributed by atoms with E-state index in [2.05, 4.69) is 4.98 Å². The van der Waals surface area contributed by atoms with E-state index in [1.165, 1.54) is 0 Å². The van der Waals surface area contributed by atoms with E-state index in [4.69, 9.17) is 29.9 Å². The van der Waals surface area contributed by atoms with Crippen LogP contribution in [-0.2, 0) is 0 Å². The van der Waals surface area contributed by atoms with Crippen LogP contribution in [0.1, 0.15) is 0 Å². The van der Waals surface area contributed by atoms with Crippen LogP contribution in [0.3, 0.4) is 0 Å². The first-order chi connectivity index (χ1) is 21.1. The summed E-state index contributed by atoms with van der Waals surface area (Å²) in [5, 5.41) is 15.7. The van der Waals surface area contributed by atoms with Gasteiger partial charge in [-0.2, -0.15) is 0 Å². The number of hydrogen-bond acceptors (Lipinski definition) is 8. The maximum atomic E-state index is 12.8. The molecule has 0 radical (unpaired) electrons. The number of fused-ring (bicyclic) bond motifs is 20. The number of carboxylic acid groups (broad SMARTS) is 1. The van der Waals surface area contributed by atoms with E-state index in [-0.39, 0.29) is 40.9 Å². The van der Waals surface area contributed by atoms with Gasteiger partial charge in [-0.15, -0.1) is 0 Å². The van der Waals surface area contributed by atoms with E-state index in [0.717, 1.165) is 37.6 Å². The zero-order valence-electron chi connectivity index (χ0n) is 23.2. The quantitative estimate of drug-likeness (QED) is 0.270. The third-order valence-corrected chi connectivity index (χ3v) is 7.79. The Morgan fingerprint density at radius 1 is 0.500 bits per heavy atom. The predicted octanol–water partition coefficient (Wildman–Crippen LogP) is 2.54. The van der Waals surface area contributed by atoms with E-state index in [0.29, 0.717) is 45.4 Å². The van der Waals surface area contributed by atoms with Gasteiger partial charge in [0.2, 0.25) is 0 Å². The summed E-state index contributed by atoms with van der Waals surface area (Å²) in [5.41, 5.74) is 4.47. The summed E-state index contributed by atoms with van der Waals surface area (Å²) in [6.07, 6.45) is -1.47. The minimum absolute atomic E-state index is 0. The van der Waals surface area contributed by atoms with Gasteiger partial charge in [-0.05, 0) is 0 Å². The van der Waals surface area contributed by atoms with Gasteiger partial charge in [-0.3, -0.25) is 4.57 Å². The van der Waals surface area contributed by atoms with Gasteiger partial charge in [0.15, 0.2) is 23.3 Å². The number of nitrogens with zero attached hydrogens (tertiary/aromatic N) is 7. The molecule has 2 aliphatic heterocycles. The van der Waals surface area contributed by atoms with Crippen molar-refractivity contribution in [3.8, 4) is 45.6 Å². The monoisotopic (exact) mass is 580 g/mol. The molecule has 4 aromatic carbocycles. The summed E-state index contributed by atoms with van der Waals surface area (Å²) in [6.45, 7) is 0. The van der Waals surface area contributed by atoms with Crippen molar-refractivity contribution in [2.24, 2.45) is 0 Å². The van der Waals surface area contributed by atoms with E-state index in [1.807, 2.05) is 84.9 Å². The van der Waals surface area contributed by atoms with Crippen molar-refractivity contribution < 1.29 is 39.5 Å². The van der Waals surface area contributed by atoms with Crippen molar-refractivity contribution in [1.29, 1.82) is 0 Å². The van der Waals surface area contributed by atoms with Crippen molar-refractivity contribution in [3.63, 3.8) is 0 Å². The Labute approximate surface area is 270 Å². The van der Waals surface area contributed by atoms with Crippen LogP contribution >= 0.6 is 0 Å². The fourth-order valence-corrected chi connectivity index (χ4v) is 5.87. The summed E-state index contributed by atoms with van der Waals surface area (Å²) >= 11 is 0. The van der Waals surface area contributed by atoms with Crippen LogP contribution in [0.5, 0.6) is 0 Å². The Morgan fingerprint density at radius 2 is 0.841 bits per heavy atom. The van der Waals surface area contributed by atoms with E-state index < -0.39 is 6.09 Å². The molecule has 0 saturated heterocycles. The van der Waals surface area contributed by atoms with Crippen molar-refractivity contribution in [3.05, 3.63) is 97.1 Å². The third kappa shape index (κ3) is 3.82. The number of aromatic amines is 1. The van der Waals surface area contributed by atoms with Crippen molar-refractivity contribution >= 4 is 50.2 Å². The predicted molar refractivity (Wildman–Crippen MR) is 160 cm³/mol. The second-order valence-electron chi connectivity index (χ2n) is 10.2. The molecule has 0 saturated carbocycles. The molecule has 0 fully saturated rings. The summed E-state index contributed by atoms with van der Waals surface area (Å²) in [6, 6.07) is 30.3. The number of carbonyl (C=O) groups is 1. The molecule has 0 amide bonds. The normalized spacial score (nSPS) is 11.6. The molecule has 8 bridgehead atoms. The van der Waals surface area contributed by atoms with Crippen molar-refractivity contribution in [1.82, 2.24) is 39.5 Å². The number of hydrogen-bond donors (Lipinski definition) is 1. The number of carbonyl (C=O) groups excluding carboxylic acids is 1. The molecule has 1 N–H and O–H groups in total. The molecule has 202 valence electrons. The molecule has 3 aromatic heterocycles. The molecule has 44 heavy (non-hydrogen) atoms. The molecular weight excluding hydrogens is 563 g/mol. The van der Waals surface area contributed by atoms with Crippen LogP contribution < -0.4 is 34.7 Å². The zero-order valence-corrected chi connectivity index (χ0v) is 25.2. The Morgan fingerprint density at radius 3 is 1.23 bits per heavy atom. The Balaban J connectivity index is 0.00000289. The van der Waals surface area contributed by atoms with E-state index in [1.54, 1.807) is 12.1 Å². The smallest absolute Gasteiger partial charge is 0.529 e.